The van der Waals surface area contributed by atoms with Crippen LogP contribution in [-0.2, 0) is 10.0 Å². The number of halogens is 1. The second-order valence-electron chi connectivity index (χ2n) is 6.10. The van der Waals surface area contributed by atoms with E-state index in [1.165, 1.54) is 12.8 Å². The standard InChI is InChI=1S/C15H22N2O2S.ClH/c1-11-3-7-15(8-4-11)20(18,19)17(2)14-9-12-5-6-13(10-14)16-12;/h3-4,7-8,12-14,16H,5-6,9-10H2,1-2H3;1H. The summed E-state index contributed by atoms with van der Waals surface area (Å²) in [5, 5.41) is 3.55. The van der Waals surface area contributed by atoms with Gasteiger partial charge in [0, 0.05) is 25.2 Å². The van der Waals surface area contributed by atoms with Gasteiger partial charge in [-0.3, -0.25) is 0 Å². The van der Waals surface area contributed by atoms with Crippen LogP contribution in [0.3, 0.4) is 0 Å². The molecule has 2 bridgehead atoms. The zero-order valence-corrected chi connectivity index (χ0v) is 14.1. The lowest BCUT2D eigenvalue weighted by atomic mass is 10.0. The number of sulfonamides is 1. The number of hydrogen-bond acceptors (Lipinski definition) is 3. The molecule has 2 aliphatic rings. The van der Waals surface area contributed by atoms with Gasteiger partial charge in [-0.1, -0.05) is 17.7 Å². The largest absolute Gasteiger partial charge is 0.311 e. The molecule has 2 unspecified atom stereocenters. The Morgan fingerprint density at radius 3 is 2.14 bits per heavy atom. The lowest BCUT2D eigenvalue weighted by molar-refractivity contribution is 0.251. The summed E-state index contributed by atoms with van der Waals surface area (Å²) < 4.78 is 27.0. The molecule has 1 aromatic carbocycles. The normalized spacial score (nSPS) is 28.4. The van der Waals surface area contributed by atoms with E-state index in [1.807, 2.05) is 19.1 Å². The Kier molecular flexibility index (Phi) is 4.98. The van der Waals surface area contributed by atoms with Crippen molar-refractivity contribution in [2.75, 3.05) is 7.05 Å². The first-order chi connectivity index (χ1) is 9.46. The number of hydrogen-bond donors (Lipinski definition) is 1. The molecule has 0 aromatic heterocycles. The molecule has 2 heterocycles. The number of aryl methyl sites for hydroxylation is 1. The summed E-state index contributed by atoms with van der Waals surface area (Å²) in [6.07, 6.45) is 4.22. The highest BCUT2D eigenvalue weighted by Crippen LogP contribution is 2.31. The number of nitrogens with one attached hydrogen (secondary N) is 1. The van der Waals surface area contributed by atoms with E-state index in [0.717, 1.165) is 18.4 Å². The first-order valence-electron chi connectivity index (χ1n) is 7.27. The molecule has 2 fully saturated rings. The summed E-state index contributed by atoms with van der Waals surface area (Å²) in [6.45, 7) is 1.96. The van der Waals surface area contributed by atoms with Crippen LogP contribution < -0.4 is 5.32 Å². The van der Waals surface area contributed by atoms with E-state index in [-0.39, 0.29) is 18.4 Å². The molecular formula is C15H23ClN2O2S. The second kappa shape index (κ2) is 6.24. The molecule has 6 heteroatoms. The Morgan fingerprint density at radius 1 is 1.10 bits per heavy atom. The van der Waals surface area contributed by atoms with Gasteiger partial charge in [0.05, 0.1) is 4.90 Å². The summed E-state index contributed by atoms with van der Waals surface area (Å²) in [7, 11) is -1.64. The van der Waals surface area contributed by atoms with Crippen LogP contribution in [0.5, 0.6) is 0 Å². The van der Waals surface area contributed by atoms with E-state index < -0.39 is 10.0 Å². The zero-order chi connectivity index (χ0) is 14.3. The third-order valence-electron chi connectivity index (χ3n) is 4.66. The Bertz CT molecular complexity index is 576. The maximum atomic E-state index is 12.7. The van der Waals surface area contributed by atoms with Gasteiger partial charge >= 0.3 is 0 Å². The van der Waals surface area contributed by atoms with Crippen LogP contribution in [0.2, 0.25) is 0 Å². The van der Waals surface area contributed by atoms with Crippen molar-refractivity contribution in [2.45, 2.75) is 55.6 Å². The Hall–Kier alpha value is -0.620. The quantitative estimate of drug-likeness (QED) is 0.925. The van der Waals surface area contributed by atoms with Gasteiger partial charge in [0.1, 0.15) is 0 Å². The number of fused-ring (bicyclic) bond motifs is 2. The number of piperidine rings is 1. The van der Waals surface area contributed by atoms with Crippen LogP contribution in [0, 0.1) is 6.92 Å². The minimum Gasteiger partial charge on any atom is -0.311 e. The van der Waals surface area contributed by atoms with Gasteiger partial charge in [-0.25, -0.2) is 8.42 Å². The van der Waals surface area contributed by atoms with Crippen LogP contribution in [-0.4, -0.2) is 37.9 Å². The number of nitrogens with zero attached hydrogens (tertiary/aromatic N) is 1. The average molecular weight is 331 g/mol. The fraction of sp³-hybridized carbons (Fsp3) is 0.600. The SMILES string of the molecule is Cc1ccc(S(=O)(=O)N(C)C2CC3CCC(C2)N3)cc1.Cl. The van der Waals surface area contributed by atoms with E-state index in [2.05, 4.69) is 5.32 Å². The molecule has 21 heavy (non-hydrogen) atoms. The molecule has 2 aliphatic heterocycles. The molecule has 0 spiro atoms. The van der Waals surface area contributed by atoms with Crippen molar-refractivity contribution in [2.24, 2.45) is 0 Å². The first-order valence-corrected chi connectivity index (χ1v) is 8.71. The Labute approximate surface area is 133 Å². The minimum absolute atomic E-state index is 0. The van der Waals surface area contributed by atoms with E-state index in [9.17, 15) is 8.42 Å². The van der Waals surface area contributed by atoms with Crippen molar-refractivity contribution in [3.8, 4) is 0 Å². The van der Waals surface area contributed by atoms with Crippen molar-refractivity contribution in [3.05, 3.63) is 29.8 Å². The summed E-state index contributed by atoms with van der Waals surface area (Å²) >= 11 is 0. The maximum Gasteiger partial charge on any atom is 0.243 e. The Balaban J connectivity index is 0.00000161. The third kappa shape index (κ3) is 3.26. The second-order valence-corrected chi connectivity index (χ2v) is 8.09. The molecule has 0 radical (unpaired) electrons. The van der Waals surface area contributed by atoms with Gasteiger partial charge in [0.25, 0.3) is 0 Å². The molecule has 118 valence electrons. The zero-order valence-electron chi connectivity index (χ0n) is 12.5. The molecule has 1 aromatic rings. The molecule has 0 amide bonds. The Morgan fingerprint density at radius 2 is 1.62 bits per heavy atom. The van der Waals surface area contributed by atoms with E-state index in [1.54, 1.807) is 23.5 Å². The third-order valence-corrected chi connectivity index (χ3v) is 6.58. The minimum atomic E-state index is -3.37. The summed E-state index contributed by atoms with van der Waals surface area (Å²) in [4.78, 5) is 0.400. The lowest BCUT2D eigenvalue weighted by Crippen LogP contribution is -2.48. The molecular weight excluding hydrogens is 308 g/mol. The highest BCUT2D eigenvalue weighted by molar-refractivity contribution is 7.89. The summed E-state index contributed by atoms with van der Waals surface area (Å²) in [5.41, 5.74) is 1.08. The van der Waals surface area contributed by atoms with Crippen molar-refractivity contribution >= 4 is 22.4 Å². The van der Waals surface area contributed by atoms with Crippen LogP contribution in [0.15, 0.2) is 29.2 Å². The van der Waals surface area contributed by atoms with Gasteiger partial charge < -0.3 is 5.32 Å². The van der Waals surface area contributed by atoms with Gasteiger partial charge in [0.2, 0.25) is 10.0 Å². The smallest absolute Gasteiger partial charge is 0.243 e. The predicted molar refractivity (Wildman–Crippen MR) is 86.3 cm³/mol. The van der Waals surface area contributed by atoms with E-state index in [0.29, 0.717) is 17.0 Å². The van der Waals surface area contributed by atoms with Crippen LogP contribution in [0.1, 0.15) is 31.2 Å². The van der Waals surface area contributed by atoms with Gasteiger partial charge in [0.15, 0.2) is 0 Å². The number of benzene rings is 1. The van der Waals surface area contributed by atoms with Crippen LogP contribution >= 0.6 is 12.4 Å². The van der Waals surface area contributed by atoms with Crippen molar-refractivity contribution in [1.82, 2.24) is 9.62 Å². The van der Waals surface area contributed by atoms with Crippen molar-refractivity contribution in [3.63, 3.8) is 0 Å². The maximum absolute atomic E-state index is 12.7. The first kappa shape index (κ1) is 16.7. The predicted octanol–water partition coefficient (Wildman–Crippen LogP) is 2.32. The van der Waals surface area contributed by atoms with Crippen molar-refractivity contribution < 1.29 is 8.42 Å². The highest BCUT2D eigenvalue weighted by Gasteiger charge is 2.38. The summed E-state index contributed by atoms with van der Waals surface area (Å²) in [5.74, 6) is 0. The average Bonchev–Trinajstić information content (AvgIpc) is 2.77. The fourth-order valence-corrected chi connectivity index (χ4v) is 4.77. The molecule has 0 saturated carbocycles. The molecule has 0 aliphatic carbocycles. The van der Waals surface area contributed by atoms with Gasteiger partial charge in [-0.05, 0) is 44.7 Å². The highest BCUT2D eigenvalue weighted by atomic mass is 35.5. The van der Waals surface area contributed by atoms with Gasteiger partial charge in [-0.2, -0.15) is 4.31 Å². The molecule has 2 atom stereocenters. The monoisotopic (exact) mass is 330 g/mol. The van der Waals surface area contributed by atoms with Crippen LogP contribution in [0.4, 0.5) is 0 Å². The summed E-state index contributed by atoms with van der Waals surface area (Å²) in [6, 6.07) is 8.23. The van der Waals surface area contributed by atoms with E-state index in [4.69, 9.17) is 0 Å². The molecule has 1 N–H and O–H groups in total. The lowest BCUT2D eigenvalue weighted by Gasteiger charge is -2.34. The molecule has 2 saturated heterocycles. The van der Waals surface area contributed by atoms with Gasteiger partial charge in [-0.15, -0.1) is 12.4 Å². The topological polar surface area (TPSA) is 49.4 Å². The molecule has 4 nitrogen and oxygen atoms in total. The number of rotatable bonds is 3. The fourth-order valence-electron chi connectivity index (χ4n) is 3.40. The van der Waals surface area contributed by atoms with E-state index >= 15 is 0 Å². The van der Waals surface area contributed by atoms with Crippen LogP contribution in [0.25, 0.3) is 0 Å². The van der Waals surface area contributed by atoms with Crippen molar-refractivity contribution in [1.29, 1.82) is 0 Å². The molecule has 3 rings (SSSR count).